The number of ether oxygens (including phenoxy) is 1. The molecule has 2 amide bonds. The molecule has 2 aromatic carbocycles. The number of hydrogen-bond acceptors (Lipinski definition) is 5. The molecule has 0 unspecified atom stereocenters. The zero-order chi connectivity index (χ0) is 25.2. The first-order chi connectivity index (χ1) is 16.6. The van der Waals surface area contributed by atoms with Crippen molar-refractivity contribution < 1.29 is 31.5 Å². The van der Waals surface area contributed by atoms with Crippen LogP contribution in [-0.4, -0.2) is 25.8 Å². The molecule has 35 heavy (non-hydrogen) atoms. The lowest BCUT2D eigenvalue weighted by Gasteiger charge is -2.12. The molecule has 13 heteroatoms. The molecule has 4 rings (SSSR count). The Hall–Kier alpha value is -4.55. The van der Waals surface area contributed by atoms with E-state index in [-0.39, 0.29) is 22.9 Å². The number of halogens is 5. The van der Waals surface area contributed by atoms with E-state index in [1.54, 1.807) is 13.2 Å². The van der Waals surface area contributed by atoms with Gasteiger partial charge in [0, 0.05) is 25.0 Å². The Morgan fingerprint density at radius 1 is 1.03 bits per heavy atom. The fourth-order valence-electron chi connectivity index (χ4n) is 2.93. The molecule has 0 saturated heterocycles. The summed E-state index contributed by atoms with van der Waals surface area (Å²) in [6.07, 6.45) is -0.601. The number of carbonyl (C=O) groups excluding carboxylic acids is 1. The Morgan fingerprint density at radius 2 is 1.83 bits per heavy atom. The molecule has 2 aromatic heterocycles. The smallest absolute Gasteiger partial charge is 0.416 e. The third-order valence-corrected chi connectivity index (χ3v) is 4.53. The molecule has 0 aliphatic rings. The quantitative estimate of drug-likeness (QED) is 0.355. The van der Waals surface area contributed by atoms with Crippen LogP contribution >= 0.6 is 0 Å². The number of alkyl halides is 3. The number of aryl methyl sites for hydroxylation is 1. The van der Waals surface area contributed by atoms with Crippen molar-refractivity contribution in [3.8, 4) is 23.0 Å². The van der Waals surface area contributed by atoms with Crippen LogP contribution in [0.4, 0.5) is 38.1 Å². The van der Waals surface area contributed by atoms with Crippen LogP contribution in [0.1, 0.15) is 5.56 Å². The van der Waals surface area contributed by atoms with E-state index < -0.39 is 35.3 Å². The molecule has 0 radical (unpaired) electrons. The number of urea groups is 1. The molecular formula is C22H15F5N6O2. The molecule has 0 bridgehead atoms. The summed E-state index contributed by atoms with van der Waals surface area (Å²) in [6.45, 7) is 0. The van der Waals surface area contributed by atoms with Gasteiger partial charge in [-0.25, -0.2) is 14.2 Å². The van der Waals surface area contributed by atoms with Gasteiger partial charge in [0.05, 0.1) is 29.2 Å². The summed E-state index contributed by atoms with van der Waals surface area (Å²) < 4.78 is 73.9. The van der Waals surface area contributed by atoms with Crippen LogP contribution in [0.15, 0.2) is 61.1 Å². The van der Waals surface area contributed by atoms with Crippen molar-refractivity contribution in [2.75, 3.05) is 10.6 Å². The van der Waals surface area contributed by atoms with Gasteiger partial charge in [0.25, 0.3) is 5.88 Å². The highest BCUT2D eigenvalue weighted by molar-refractivity contribution is 5.99. The van der Waals surface area contributed by atoms with Gasteiger partial charge >= 0.3 is 12.2 Å². The third-order valence-electron chi connectivity index (χ3n) is 4.53. The fraction of sp³-hybridized carbons (Fsp3) is 0.0909. The highest BCUT2D eigenvalue weighted by Gasteiger charge is 2.30. The Kier molecular flexibility index (Phi) is 6.32. The minimum Gasteiger partial charge on any atom is -0.436 e. The van der Waals surface area contributed by atoms with Crippen molar-refractivity contribution in [1.29, 1.82) is 0 Å². The summed E-state index contributed by atoms with van der Waals surface area (Å²) in [6, 6.07) is 6.25. The standard InChI is InChI=1S/C22H15F5N6O2/c1-33-11-12(9-29-33)19-28-10-17(24)20(32-19)35-15-5-6-18(16(23)8-15)31-21(34)30-14-4-2-3-13(7-14)22(25,26)27/h2-11H,1H3,(H2,30,31,34). The molecule has 2 N–H and O–H groups in total. The van der Waals surface area contributed by atoms with Gasteiger partial charge < -0.3 is 15.4 Å². The van der Waals surface area contributed by atoms with Gasteiger partial charge in [-0.1, -0.05) is 6.07 Å². The molecule has 0 fully saturated rings. The summed E-state index contributed by atoms with van der Waals surface area (Å²) in [7, 11) is 1.68. The highest BCUT2D eigenvalue weighted by Crippen LogP contribution is 2.31. The van der Waals surface area contributed by atoms with Crippen LogP contribution in [0.25, 0.3) is 11.4 Å². The maximum Gasteiger partial charge on any atom is 0.416 e. The van der Waals surface area contributed by atoms with Crippen LogP contribution in [0.2, 0.25) is 0 Å². The van der Waals surface area contributed by atoms with Crippen LogP contribution in [-0.2, 0) is 13.2 Å². The van der Waals surface area contributed by atoms with Crippen molar-refractivity contribution in [1.82, 2.24) is 19.7 Å². The van der Waals surface area contributed by atoms with E-state index in [9.17, 15) is 26.7 Å². The van der Waals surface area contributed by atoms with Gasteiger partial charge in [-0.2, -0.15) is 27.6 Å². The molecule has 0 spiro atoms. The Bertz CT molecular complexity index is 1390. The fourth-order valence-corrected chi connectivity index (χ4v) is 2.93. The number of nitrogens with one attached hydrogen (secondary N) is 2. The maximum atomic E-state index is 14.5. The van der Waals surface area contributed by atoms with Crippen molar-refractivity contribution in [3.05, 3.63) is 78.3 Å². The van der Waals surface area contributed by atoms with E-state index in [2.05, 4.69) is 25.7 Å². The van der Waals surface area contributed by atoms with Gasteiger partial charge in [-0.3, -0.25) is 4.68 Å². The van der Waals surface area contributed by atoms with Gasteiger partial charge in [0.2, 0.25) is 5.82 Å². The first-order valence-corrected chi connectivity index (χ1v) is 9.83. The zero-order valence-electron chi connectivity index (χ0n) is 17.8. The Labute approximate surface area is 194 Å². The number of nitrogens with zero attached hydrogens (tertiary/aromatic N) is 4. The topological polar surface area (TPSA) is 94.0 Å². The predicted molar refractivity (Wildman–Crippen MR) is 115 cm³/mol. The van der Waals surface area contributed by atoms with E-state index in [1.807, 2.05) is 0 Å². The maximum absolute atomic E-state index is 14.5. The number of anilines is 2. The predicted octanol–water partition coefficient (Wildman–Crippen LogP) is 5.61. The number of aromatic nitrogens is 4. The lowest BCUT2D eigenvalue weighted by atomic mass is 10.2. The number of benzene rings is 2. The summed E-state index contributed by atoms with van der Waals surface area (Å²) >= 11 is 0. The summed E-state index contributed by atoms with van der Waals surface area (Å²) in [4.78, 5) is 20.0. The molecule has 8 nitrogen and oxygen atoms in total. The second-order valence-corrected chi connectivity index (χ2v) is 7.15. The molecule has 4 aromatic rings. The SMILES string of the molecule is Cn1cc(-c2ncc(F)c(Oc3ccc(NC(=O)Nc4cccc(C(F)(F)F)c4)c(F)c3)n2)cn1. The highest BCUT2D eigenvalue weighted by atomic mass is 19.4. The Balaban J connectivity index is 1.45. The minimum atomic E-state index is -4.59. The molecule has 0 atom stereocenters. The molecule has 180 valence electrons. The normalized spacial score (nSPS) is 11.3. The first-order valence-electron chi connectivity index (χ1n) is 9.83. The van der Waals surface area contributed by atoms with Gasteiger partial charge in [-0.05, 0) is 30.3 Å². The van der Waals surface area contributed by atoms with E-state index in [0.717, 1.165) is 36.5 Å². The van der Waals surface area contributed by atoms with Crippen molar-refractivity contribution in [2.24, 2.45) is 7.05 Å². The van der Waals surface area contributed by atoms with Gasteiger partial charge in [0.1, 0.15) is 11.6 Å². The minimum absolute atomic E-state index is 0.124. The lowest BCUT2D eigenvalue weighted by molar-refractivity contribution is -0.137. The van der Waals surface area contributed by atoms with Crippen molar-refractivity contribution >= 4 is 17.4 Å². The van der Waals surface area contributed by atoms with Crippen LogP contribution < -0.4 is 15.4 Å². The van der Waals surface area contributed by atoms with E-state index in [0.29, 0.717) is 5.56 Å². The monoisotopic (exact) mass is 490 g/mol. The lowest BCUT2D eigenvalue weighted by Crippen LogP contribution is -2.20. The number of rotatable bonds is 5. The molecular weight excluding hydrogens is 475 g/mol. The number of hydrogen-bond donors (Lipinski definition) is 2. The van der Waals surface area contributed by atoms with Gasteiger partial charge in [0.15, 0.2) is 5.82 Å². The zero-order valence-corrected chi connectivity index (χ0v) is 17.8. The second-order valence-electron chi connectivity index (χ2n) is 7.15. The average Bonchev–Trinajstić information content (AvgIpc) is 3.23. The second kappa shape index (κ2) is 9.37. The summed E-state index contributed by atoms with van der Waals surface area (Å²) in [5, 5.41) is 8.35. The molecule has 2 heterocycles. The largest absolute Gasteiger partial charge is 0.436 e. The third kappa shape index (κ3) is 5.69. The molecule has 0 saturated carbocycles. The van der Waals surface area contributed by atoms with E-state index >= 15 is 0 Å². The summed E-state index contributed by atoms with van der Waals surface area (Å²) in [5.41, 5.74) is -0.871. The van der Waals surface area contributed by atoms with Crippen LogP contribution in [0.5, 0.6) is 11.6 Å². The van der Waals surface area contributed by atoms with Crippen molar-refractivity contribution in [2.45, 2.75) is 6.18 Å². The molecule has 0 aliphatic heterocycles. The molecule has 0 aliphatic carbocycles. The van der Waals surface area contributed by atoms with Crippen molar-refractivity contribution in [3.63, 3.8) is 0 Å². The van der Waals surface area contributed by atoms with Crippen LogP contribution in [0, 0.1) is 11.6 Å². The average molecular weight is 490 g/mol. The van der Waals surface area contributed by atoms with Gasteiger partial charge in [-0.15, -0.1) is 0 Å². The number of carbonyl (C=O) groups is 1. The first kappa shape index (κ1) is 23.6. The van der Waals surface area contributed by atoms with E-state index in [4.69, 9.17) is 4.74 Å². The van der Waals surface area contributed by atoms with Crippen LogP contribution in [0.3, 0.4) is 0 Å². The van der Waals surface area contributed by atoms with E-state index in [1.165, 1.54) is 23.0 Å². The Morgan fingerprint density at radius 3 is 2.51 bits per heavy atom. The number of amides is 2. The summed E-state index contributed by atoms with van der Waals surface area (Å²) in [5.74, 6) is -2.27.